The van der Waals surface area contributed by atoms with Crippen LogP contribution in [0, 0.1) is 11.6 Å². The number of halogens is 2. The summed E-state index contributed by atoms with van der Waals surface area (Å²) in [6.07, 6.45) is 5.68. The number of oxazole rings is 1. The Morgan fingerprint density at radius 3 is 2.72 bits per heavy atom. The Kier molecular flexibility index (Phi) is 6.86. The predicted octanol–water partition coefficient (Wildman–Crippen LogP) is 4.90. The van der Waals surface area contributed by atoms with Crippen LogP contribution >= 0.6 is 0 Å². The summed E-state index contributed by atoms with van der Waals surface area (Å²) in [4.78, 5) is 25.9. The largest absolute Gasteiger partial charge is 0.494 e. The summed E-state index contributed by atoms with van der Waals surface area (Å²) in [5, 5.41) is 3.47. The van der Waals surface area contributed by atoms with E-state index in [-0.39, 0.29) is 34.9 Å². The van der Waals surface area contributed by atoms with Crippen LogP contribution in [0.3, 0.4) is 0 Å². The van der Waals surface area contributed by atoms with Crippen molar-refractivity contribution in [2.24, 2.45) is 0 Å². The number of carbonyl (C=O) groups is 1. The molecule has 1 saturated heterocycles. The van der Waals surface area contributed by atoms with Crippen molar-refractivity contribution in [1.82, 2.24) is 15.0 Å². The number of hydrogen-bond acceptors (Lipinski definition) is 8. The zero-order chi connectivity index (χ0) is 25.1. The molecule has 0 saturated carbocycles. The quantitative estimate of drug-likeness (QED) is 0.345. The minimum absolute atomic E-state index is 0.0860. The van der Waals surface area contributed by atoms with Crippen LogP contribution in [0.1, 0.15) is 46.9 Å². The first kappa shape index (κ1) is 23.8. The van der Waals surface area contributed by atoms with Crippen LogP contribution in [0.4, 0.5) is 14.7 Å². The number of nitrogens with one attached hydrogen (secondary N) is 1. The molecule has 3 heterocycles. The second-order valence-corrected chi connectivity index (χ2v) is 8.59. The van der Waals surface area contributed by atoms with Crippen LogP contribution in [0.25, 0.3) is 10.9 Å². The van der Waals surface area contributed by atoms with E-state index in [0.29, 0.717) is 36.0 Å². The molecule has 4 aromatic rings. The second kappa shape index (κ2) is 10.4. The van der Waals surface area contributed by atoms with Gasteiger partial charge in [-0.2, -0.15) is 0 Å². The van der Waals surface area contributed by atoms with E-state index < -0.39 is 17.6 Å². The van der Waals surface area contributed by atoms with Gasteiger partial charge in [0, 0.05) is 37.4 Å². The van der Waals surface area contributed by atoms with Crippen LogP contribution in [0.5, 0.6) is 5.75 Å². The van der Waals surface area contributed by atoms with Gasteiger partial charge in [-0.05, 0) is 42.7 Å². The Bertz CT molecular complexity index is 1370. The first-order valence-corrected chi connectivity index (χ1v) is 11.6. The van der Waals surface area contributed by atoms with E-state index >= 15 is 0 Å². The maximum absolute atomic E-state index is 14.9. The SMILES string of the molecule is COc1ccc([C@H](CC(=O)c2cc(F)c3cnc(NC4CCOCC4)nc3c2)c2cnco2)cc1F. The van der Waals surface area contributed by atoms with Crippen molar-refractivity contribution in [3.8, 4) is 5.75 Å². The molecule has 1 N–H and O–H groups in total. The summed E-state index contributed by atoms with van der Waals surface area (Å²) in [6.45, 7) is 1.31. The number of anilines is 1. The lowest BCUT2D eigenvalue weighted by molar-refractivity contribution is 0.0903. The molecule has 8 nitrogen and oxygen atoms in total. The first-order valence-electron chi connectivity index (χ1n) is 11.6. The molecule has 5 rings (SSSR count). The van der Waals surface area contributed by atoms with Gasteiger partial charge >= 0.3 is 0 Å². The number of aromatic nitrogens is 3. The highest BCUT2D eigenvalue weighted by atomic mass is 19.1. The summed E-state index contributed by atoms with van der Waals surface area (Å²) in [5.74, 6) is -1.31. The molecule has 0 aliphatic carbocycles. The van der Waals surface area contributed by atoms with Crippen LogP contribution in [-0.2, 0) is 4.74 Å². The van der Waals surface area contributed by atoms with Gasteiger partial charge in [0.2, 0.25) is 5.95 Å². The maximum Gasteiger partial charge on any atom is 0.223 e. The van der Waals surface area contributed by atoms with Gasteiger partial charge < -0.3 is 19.2 Å². The molecule has 0 bridgehead atoms. The molecular weight excluding hydrogens is 470 g/mol. The minimum atomic E-state index is -0.629. The standard InChI is InChI=1S/C26H24F2N4O4/c1-34-24-3-2-15(8-21(24)28)18(25-13-29-14-36-25)11-23(33)16-9-20(27)19-12-30-26(32-22(19)10-16)31-17-4-6-35-7-5-17/h2-3,8-10,12-14,17-18H,4-7,11H2,1H3,(H,30,31,32)/t18-/m0/s1. The highest BCUT2D eigenvalue weighted by molar-refractivity contribution is 6.00. The maximum atomic E-state index is 14.9. The fourth-order valence-corrected chi connectivity index (χ4v) is 4.33. The zero-order valence-corrected chi connectivity index (χ0v) is 19.5. The third-order valence-electron chi connectivity index (χ3n) is 6.29. The molecule has 1 aliphatic rings. The molecule has 0 spiro atoms. The van der Waals surface area contributed by atoms with Gasteiger partial charge in [-0.25, -0.2) is 23.7 Å². The van der Waals surface area contributed by atoms with E-state index in [9.17, 15) is 13.6 Å². The average Bonchev–Trinajstić information content (AvgIpc) is 3.42. The first-order chi connectivity index (χ1) is 17.5. The van der Waals surface area contributed by atoms with Crippen molar-refractivity contribution < 1.29 is 27.5 Å². The van der Waals surface area contributed by atoms with Gasteiger partial charge in [0.1, 0.15) is 11.6 Å². The Balaban J connectivity index is 1.43. The number of ketones is 1. The van der Waals surface area contributed by atoms with E-state index in [1.165, 1.54) is 44.1 Å². The molecule has 0 unspecified atom stereocenters. The summed E-state index contributed by atoms with van der Waals surface area (Å²) < 4.78 is 45.1. The van der Waals surface area contributed by atoms with Gasteiger partial charge in [-0.1, -0.05) is 6.07 Å². The molecule has 1 atom stereocenters. The van der Waals surface area contributed by atoms with Crippen molar-refractivity contribution in [2.75, 3.05) is 25.6 Å². The van der Waals surface area contributed by atoms with E-state index in [4.69, 9.17) is 13.9 Å². The van der Waals surface area contributed by atoms with Gasteiger partial charge in [-0.15, -0.1) is 0 Å². The number of benzene rings is 2. The fraction of sp³-hybridized carbons (Fsp3) is 0.308. The molecule has 186 valence electrons. The van der Waals surface area contributed by atoms with Gasteiger partial charge in [0.15, 0.2) is 23.7 Å². The Morgan fingerprint density at radius 1 is 1.17 bits per heavy atom. The number of fused-ring (bicyclic) bond motifs is 1. The molecule has 0 amide bonds. The number of hydrogen-bond donors (Lipinski definition) is 1. The molecule has 2 aromatic heterocycles. The van der Waals surface area contributed by atoms with Crippen LogP contribution in [-0.4, -0.2) is 47.1 Å². The highest BCUT2D eigenvalue weighted by Crippen LogP contribution is 2.32. The van der Waals surface area contributed by atoms with Gasteiger partial charge in [0.05, 0.1) is 30.1 Å². The number of nitrogens with zero attached hydrogens (tertiary/aromatic N) is 3. The number of carbonyl (C=O) groups excluding carboxylic acids is 1. The van der Waals surface area contributed by atoms with E-state index in [1.807, 2.05) is 0 Å². The number of ether oxygens (including phenoxy) is 2. The molecule has 10 heteroatoms. The second-order valence-electron chi connectivity index (χ2n) is 8.59. The summed E-state index contributed by atoms with van der Waals surface area (Å²) in [5.41, 5.74) is 0.966. The van der Waals surface area contributed by atoms with Crippen LogP contribution in [0.15, 0.2) is 53.5 Å². The number of rotatable bonds is 8. The average molecular weight is 494 g/mol. The van der Waals surface area contributed by atoms with E-state index in [0.717, 1.165) is 12.8 Å². The molecule has 36 heavy (non-hydrogen) atoms. The van der Waals surface area contributed by atoms with E-state index in [1.54, 1.807) is 12.1 Å². The Hall–Kier alpha value is -3.92. The summed E-state index contributed by atoms with van der Waals surface area (Å²) in [7, 11) is 1.37. The lowest BCUT2D eigenvalue weighted by Crippen LogP contribution is -2.28. The predicted molar refractivity (Wildman–Crippen MR) is 127 cm³/mol. The third kappa shape index (κ3) is 5.03. The smallest absolute Gasteiger partial charge is 0.223 e. The van der Waals surface area contributed by atoms with Crippen LogP contribution in [0.2, 0.25) is 0 Å². The topological polar surface area (TPSA) is 99.4 Å². The highest BCUT2D eigenvalue weighted by Gasteiger charge is 2.24. The lowest BCUT2D eigenvalue weighted by atomic mass is 9.89. The Morgan fingerprint density at radius 2 is 2.00 bits per heavy atom. The zero-order valence-electron chi connectivity index (χ0n) is 19.5. The minimum Gasteiger partial charge on any atom is -0.494 e. The molecular formula is C26H24F2N4O4. The molecule has 2 aromatic carbocycles. The fourth-order valence-electron chi connectivity index (χ4n) is 4.33. The summed E-state index contributed by atoms with van der Waals surface area (Å²) in [6, 6.07) is 7.32. The van der Waals surface area contributed by atoms with Crippen molar-refractivity contribution >= 4 is 22.6 Å². The van der Waals surface area contributed by atoms with Gasteiger partial charge in [0.25, 0.3) is 0 Å². The van der Waals surface area contributed by atoms with Crippen molar-refractivity contribution in [3.63, 3.8) is 0 Å². The van der Waals surface area contributed by atoms with Crippen molar-refractivity contribution in [3.05, 3.63) is 77.6 Å². The third-order valence-corrected chi connectivity index (χ3v) is 6.29. The normalized spacial score (nSPS) is 15.1. The molecule has 0 radical (unpaired) electrons. The Labute approximate surface area is 205 Å². The lowest BCUT2D eigenvalue weighted by Gasteiger charge is -2.23. The summed E-state index contributed by atoms with van der Waals surface area (Å²) >= 11 is 0. The van der Waals surface area contributed by atoms with Crippen molar-refractivity contribution in [1.29, 1.82) is 0 Å². The molecule has 1 aliphatic heterocycles. The van der Waals surface area contributed by atoms with Crippen molar-refractivity contribution in [2.45, 2.75) is 31.2 Å². The van der Waals surface area contributed by atoms with Crippen LogP contribution < -0.4 is 10.1 Å². The van der Waals surface area contributed by atoms with E-state index in [2.05, 4.69) is 20.3 Å². The monoisotopic (exact) mass is 494 g/mol. The number of methoxy groups -OCH3 is 1. The van der Waals surface area contributed by atoms with Gasteiger partial charge in [-0.3, -0.25) is 4.79 Å². The molecule has 1 fully saturated rings. The number of Topliss-reactive ketones (excluding diaryl/α,β-unsaturated/α-hetero) is 1.